The number of nitrogens with zero attached hydrogens (tertiary/aromatic N) is 1. The van der Waals surface area contributed by atoms with Gasteiger partial charge in [-0.2, -0.15) is 0 Å². The summed E-state index contributed by atoms with van der Waals surface area (Å²) in [6.45, 7) is 0. The van der Waals surface area contributed by atoms with Gasteiger partial charge in [-0.3, -0.25) is 4.98 Å². The molecule has 0 bridgehead atoms. The second kappa shape index (κ2) is 5.93. The van der Waals surface area contributed by atoms with Crippen molar-refractivity contribution in [3.05, 3.63) is 65.3 Å². The highest BCUT2D eigenvalue weighted by Gasteiger charge is 2.04. The van der Waals surface area contributed by atoms with E-state index in [-0.39, 0.29) is 6.03 Å². The summed E-state index contributed by atoms with van der Waals surface area (Å²) in [6.07, 6.45) is 1.75. The van der Waals surface area contributed by atoms with Crippen LogP contribution in [-0.2, 0) is 0 Å². The predicted molar refractivity (Wildman–Crippen MR) is 88.5 cm³/mol. The first-order valence-corrected chi connectivity index (χ1v) is 7.18. The fourth-order valence-electron chi connectivity index (χ4n) is 2.00. The molecule has 3 rings (SSSR count). The summed E-state index contributed by atoms with van der Waals surface area (Å²) in [4.78, 5) is 16.2. The number of halogens is 1. The van der Waals surface area contributed by atoms with Crippen LogP contribution in [0.4, 0.5) is 16.2 Å². The lowest BCUT2D eigenvalue weighted by Gasteiger charge is -2.08. The van der Waals surface area contributed by atoms with E-state index in [9.17, 15) is 4.79 Å². The average molecular weight is 342 g/mol. The number of urea groups is 1. The average Bonchev–Trinajstić information content (AvgIpc) is 2.47. The molecule has 0 aliphatic rings. The normalized spacial score (nSPS) is 10.3. The van der Waals surface area contributed by atoms with E-state index in [1.54, 1.807) is 6.20 Å². The first kappa shape index (κ1) is 13.6. The van der Waals surface area contributed by atoms with E-state index in [4.69, 9.17) is 0 Å². The molecule has 0 fully saturated rings. The number of amides is 2. The maximum absolute atomic E-state index is 11.9. The topological polar surface area (TPSA) is 54.0 Å². The SMILES string of the molecule is O=C(Nc1ccccc1)Nc1ccc2ncc(Br)cc2c1. The molecule has 0 aliphatic heterocycles. The monoisotopic (exact) mass is 341 g/mol. The number of para-hydroxylation sites is 1. The van der Waals surface area contributed by atoms with Crippen molar-refractivity contribution in [1.82, 2.24) is 4.98 Å². The van der Waals surface area contributed by atoms with Crippen LogP contribution in [0, 0.1) is 0 Å². The van der Waals surface area contributed by atoms with Crippen molar-refractivity contribution in [1.29, 1.82) is 0 Å². The molecular formula is C16H12BrN3O. The number of hydrogen-bond donors (Lipinski definition) is 2. The van der Waals surface area contributed by atoms with Crippen LogP contribution in [0.15, 0.2) is 65.3 Å². The summed E-state index contributed by atoms with van der Waals surface area (Å²) >= 11 is 3.39. The third kappa shape index (κ3) is 3.38. The number of benzene rings is 2. The van der Waals surface area contributed by atoms with E-state index in [0.717, 1.165) is 26.8 Å². The molecule has 21 heavy (non-hydrogen) atoms. The third-order valence-electron chi connectivity index (χ3n) is 2.94. The number of fused-ring (bicyclic) bond motifs is 1. The van der Waals surface area contributed by atoms with Crippen molar-refractivity contribution in [2.24, 2.45) is 0 Å². The minimum absolute atomic E-state index is 0.275. The highest BCUT2D eigenvalue weighted by atomic mass is 79.9. The number of carbonyl (C=O) groups excluding carboxylic acids is 1. The van der Waals surface area contributed by atoms with E-state index in [1.807, 2.05) is 54.6 Å². The van der Waals surface area contributed by atoms with E-state index >= 15 is 0 Å². The van der Waals surface area contributed by atoms with E-state index in [1.165, 1.54) is 0 Å². The number of pyridine rings is 1. The van der Waals surface area contributed by atoms with Crippen LogP contribution in [0.3, 0.4) is 0 Å². The van der Waals surface area contributed by atoms with Crippen molar-refractivity contribution < 1.29 is 4.79 Å². The zero-order valence-electron chi connectivity index (χ0n) is 11.0. The maximum atomic E-state index is 11.9. The van der Waals surface area contributed by atoms with Crippen molar-refractivity contribution in [3.63, 3.8) is 0 Å². The highest BCUT2D eigenvalue weighted by molar-refractivity contribution is 9.10. The molecule has 0 saturated carbocycles. The molecule has 104 valence electrons. The van der Waals surface area contributed by atoms with Gasteiger partial charge in [0.2, 0.25) is 0 Å². The smallest absolute Gasteiger partial charge is 0.308 e. The largest absolute Gasteiger partial charge is 0.323 e. The van der Waals surface area contributed by atoms with Gasteiger partial charge < -0.3 is 10.6 Å². The lowest BCUT2D eigenvalue weighted by molar-refractivity contribution is 0.262. The first-order chi connectivity index (χ1) is 10.2. The van der Waals surface area contributed by atoms with Gasteiger partial charge in [-0.25, -0.2) is 4.79 Å². The quantitative estimate of drug-likeness (QED) is 0.713. The number of anilines is 2. The standard InChI is InChI=1S/C16H12BrN3O/c17-12-8-11-9-14(6-7-15(11)18-10-12)20-16(21)19-13-4-2-1-3-5-13/h1-10H,(H2,19,20,21). The van der Waals surface area contributed by atoms with Crippen molar-refractivity contribution in [3.8, 4) is 0 Å². The summed E-state index contributed by atoms with van der Waals surface area (Å²) in [5, 5.41) is 6.54. The Morgan fingerprint density at radius 2 is 1.71 bits per heavy atom. The lowest BCUT2D eigenvalue weighted by Crippen LogP contribution is -2.19. The molecule has 0 aliphatic carbocycles. The Bertz CT molecular complexity index is 790. The van der Waals surface area contributed by atoms with Crippen LogP contribution in [0.5, 0.6) is 0 Å². The van der Waals surface area contributed by atoms with E-state index in [0.29, 0.717) is 0 Å². The van der Waals surface area contributed by atoms with Gasteiger partial charge in [-0.1, -0.05) is 18.2 Å². The van der Waals surface area contributed by atoms with Gasteiger partial charge in [-0.15, -0.1) is 0 Å². The van der Waals surface area contributed by atoms with E-state index in [2.05, 4.69) is 31.5 Å². The first-order valence-electron chi connectivity index (χ1n) is 6.39. The summed E-state index contributed by atoms with van der Waals surface area (Å²) in [6, 6.07) is 16.6. The molecule has 2 N–H and O–H groups in total. The summed E-state index contributed by atoms with van der Waals surface area (Å²) in [5.41, 5.74) is 2.35. The van der Waals surface area contributed by atoms with Gasteiger partial charge in [0, 0.05) is 27.4 Å². The highest BCUT2D eigenvalue weighted by Crippen LogP contribution is 2.21. The second-order valence-electron chi connectivity index (χ2n) is 4.51. The molecule has 0 unspecified atom stereocenters. The van der Waals surface area contributed by atoms with Crippen molar-refractivity contribution in [2.45, 2.75) is 0 Å². The molecule has 0 radical (unpaired) electrons. The molecule has 2 amide bonds. The van der Waals surface area contributed by atoms with Crippen LogP contribution >= 0.6 is 15.9 Å². The summed E-state index contributed by atoms with van der Waals surface area (Å²) < 4.78 is 0.904. The molecule has 0 saturated heterocycles. The molecule has 5 heteroatoms. The van der Waals surface area contributed by atoms with Crippen LogP contribution < -0.4 is 10.6 Å². The summed E-state index contributed by atoms with van der Waals surface area (Å²) in [7, 11) is 0. The fraction of sp³-hybridized carbons (Fsp3) is 0. The van der Waals surface area contributed by atoms with Crippen LogP contribution in [0.25, 0.3) is 10.9 Å². The Labute approximate surface area is 130 Å². The zero-order valence-corrected chi connectivity index (χ0v) is 12.6. The molecule has 3 aromatic rings. The van der Waals surface area contributed by atoms with E-state index < -0.39 is 0 Å². The Morgan fingerprint density at radius 1 is 0.952 bits per heavy atom. The van der Waals surface area contributed by atoms with Gasteiger partial charge in [-0.05, 0) is 52.3 Å². The van der Waals surface area contributed by atoms with Crippen molar-refractivity contribution >= 4 is 44.2 Å². The Morgan fingerprint density at radius 3 is 2.52 bits per heavy atom. The minimum Gasteiger partial charge on any atom is -0.308 e. The van der Waals surface area contributed by atoms with Crippen LogP contribution in [0.2, 0.25) is 0 Å². The maximum Gasteiger partial charge on any atom is 0.323 e. The molecule has 4 nitrogen and oxygen atoms in total. The Hall–Kier alpha value is -2.40. The van der Waals surface area contributed by atoms with Gasteiger partial charge >= 0.3 is 6.03 Å². The molecule has 2 aromatic carbocycles. The number of rotatable bonds is 2. The number of aromatic nitrogens is 1. The van der Waals surface area contributed by atoms with Crippen molar-refractivity contribution in [2.75, 3.05) is 10.6 Å². The molecule has 1 heterocycles. The van der Waals surface area contributed by atoms with Gasteiger partial charge in [0.05, 0.1) is 5.52 Å². The summed E-state index contributed by atoms with van der Waals surface area (Å²) in [5.74, 6) is 0. The Balaban J connectivity index is 1.76. The zero-order chi connectivity index (χ0) is 14.7. The molecule has 0 atom stereocenters. The number of nitrogens with one attached hydrogen (secondary N) is 2. The Kier molecular flexibility index (Phi) is 3.83. The number of carbonyl (C=O) groups is 1. The van der Waals surface area contributed by atoms with Crippen LogP contribution in [0.1, 0.15) is 0 Å². The predicted octanol–water partition coefficient (Wildman–Crippen LogP) is 4.64. The minimum atomic E-state index is -0.275. The van der Waals surface area contributed by atoms with Gasteiger partial charge in [0.1, 0.15) is 0 Å². The van der Waals surface area contributed by atoms with Gasteiger partial charge in [0.25, 0.3) is 0 Å². The lowest BCUT2D eigenvalue weighted by atomic mass is 10.2. The number of hydrogen-bond acceptors (Lipinski definition) is 2. The third-order valence-corrected chi connectivity index (χ3v) is 3.37. The van der Waals surface area contributed by atoms with Crippen LogP contribution in [-0.4, -0.2) is 11.0 Å². The van der Waals surface area contributed by atoms with Gasteiger partial charge in [0.15, 0.2) is 0 Å². The fourth-order valence-corrected chi connectivity index (χ4v) is 2.35. The second-order valence-corrected chi connectivity index (χ2v) is 5.42. The molecule has 1 aromatic heterocycles. The molecular weight excluding hydrogens is 330 g/mol. The molecule has 0 spiro atoms.